The molecule has 0 aliphatic heterocycles. The molecule has 2 aromatic carbocycles. The number of carbonyl (C=O) groups excluding carboxylic acids is 1. The van der Waals surface area contributed by atoms with E-state index in [1.54, 1.807) is 24.3 Å². The molecule has 0 unspecified atom stereocenters. The molecule has 1 N–H and O–H groups in total. The largest absolute Gasteiger partial charge is 0.479 e. The van der Waals surface area contributed by atoms with E-state index in [1.807, 2.05) is 25.1 Å². The number of carbonyl (C=O) groups is 1. The number of aromatic nitrogens is 2. The van der Waals surface area contributed by atoms with Gasteiger partial charge in [0.2, 0.25) is 5.88 Å². The summed E-state index contributed by atoms with van der Waals surface area (Å²) >= 11 is 6.08. The first-order valence-electron chi connectivity index (χ1n) is 6.97. The molecule has 1 amide bonds. The van der Waals surface area contributed by atoms with Gasteiger partial charge in [-0.3, -0.25) is 4.79 Å². The summed E-state index contributed by atoms with van der Waals surface area (Å²) in [7, 11) is 1.46. The van der Waals surface area contributed by atoms with Crippen molar-refractivity contribution in [3.8, 4) is 5.88 Å². The van der Waals surface area contributed by atoms with E-state index in [-0.39, 0.29) is 11.6 Å². The highest BCUT2D eigenvalue weighted by Gasteiger charge is 2.18. The number of rotatable bonds is 3. The van der Waals surface area contributed by atoms with Gasteiger partial charge in [0.15, 0.2) is 5.69 Å². The summed E-state index contributed by atoms with van der Waals surface area (Å²) < 4.78 is 5.21. The highest BCUT2D eigenvalue weighted by Crippen LogP contribution is 2.25. The van der Waals surface area contributed by atoms with Crippen LogP contribution in [-0.4, -0.2) is 23.0 Å². The number of nitrogens with zero attached hydrogens (tertiary/aromatic N) is 2. The molecule has 1 heterocycles. The van der Waals surface area contributed by atoms with Gasteiger partial charge < -0.3 is 10.1 Å². The van der Waals surface area contributed by atoms with Crippen LogP contribution < -0.4 is 10.1 Å². The van der Waals surface area contributed by atoms with Crippen molar-refractivity contribution in [2.45, 2.75) is 6.92 Å². The Morgan fingerprint density at radius 2 is 1.78 bits per heavy atom. The summed E-state index contributed by atoms with van der Waals surface area (Å²) in [6.07, 6.45) is 0. The molecule has 5 nitrogen and oxygen atoms in total. The summed E-state index contributed by atoms with van der Waals surface area (Å²) in [4.78, 5) is 21.3. The number of methoxy groups -OCH3 is 1. The molecule has 0 saturated heterocycles. The molecular weight excluding hydrogens is 314 g/mol. The quantitative estimate of drug-likeness (QED) is 0.793. The van der Waals surface area contributed by atoms with Crippen molar-refractivity contribution in [3.05, 3.63) is 58.7 Å². The van der Waals surface area contributed by atoms with Crippen LogP contribution in [0.15, 0.2) is 42.5 Å². The molecule has 0 spiro atoms. The van der Waals surface area contributed by atoms with Crippen molar-refractivity contribution in [2.24, 2.45) is 0 Å². The normalized spacial score (nSPS) is 10.6. The minimum absolute atomic E-state index is 0.130. The fourth-order valence-electron chi connectivity index (χ4n) is 2.20. The van der Waals surface area contributed by atoms with Gasteiger partial charge in [0, 0.05) is 10.7 Å². The summed E-state index contributed by atoms with van der Waals surface area (Å²) in [5.74, 6) is -0.216. The zero-order valence-corrected chi connectivity index (χ0v) is 13.4. The molecule has 3 aromatic rings. The fraction of sp³-hybridized carbons (Fsp3) is 0.118. The lowest BCUT2D eigenvalue weighted by Gasteiger charge is -2.11. The van der Waals surface area contributed by atoms with Crippen LogP contribution >= 0.6 is 11.6 Å². The van der Waals surface area contributed by atoms with Crippen molar-refractivity contribution >= 4 is 34.2 Å². The lowest BCUT2D eigenvalue weighted by molar-refractivity contribution is 0.101. The maximum Gasteiger partial charge on any atom is 0.279 e. The van der Waals surface area contributed by atoms with E-state index in [0.717, 1.165) is 5.56 Å². The first kappa shape index (κ1) is 15.2. The highest BCUT2D eigenvalue weighted by molar-refractivity contribution is 6.31. The van der Waals surface area contributed by atoms with Gasteiger partial charge in [-0.15, -0.1) is 0 Å². The maximum atomic E-state index is 12.6. The molecule has 0 bridgehead atoms. The molecule has 0 fully saturated rings. The molecule has 1 aromatic heterocycles. The third-order valence-electron chi connectivity index (χ3n) is 3.46. The second kappa shape index (κ2) is 6.22. The van der Waals surface area contributed by atoms with Crippen LogP contribution in [0.25, 0.3) is 11.0 Å². The van der Waals surface area contributed by atoms with E-state index in [1.165, 1.54) is 7.11 Å². The van der Waals surface area contributed by atoms with Gasteiger partial charge in [-0.2, -0.15) is 0 Å². The standard InChI is InChI=1S/C17H14ClN3O2/c1-10-11(18)6-5-9-12(10)20-16(22)15-17(23-2)21-14-8-4-3-7-13(14)19-15/h3-9H,1-2H3,(H,20,22). The predicted molar refractivity (Wildman–Crippen MR) is 90.2 cm³/mol. The average molecular weight is 328 g/mol. The van der Waals surface area contributed by atoms with Gasteiger partial charge in [0.1, 0.15) is 0 Å². The number of benzene rings is 2. The summed E-state index contributed by atoms with van der Waals surface area (Å²) in [6.45, 7) is 1.83. The van der Waals surface area contributed by atoms with Crippen LogP contribution in [0, 0.1) is 6.92 Å². The number of amides is 1. The van der Waals surface area contributed by atoms with E-state index in [4.69, 9.17) is 16.3 Å². The lowest BCUT2D eigenvalue weighted by atomic mass is 10.2. The van der Waals surface area contributed by atoms with E-state index in [9.17, 15) is 4.79 Å². The van der Waals surface area contributed by atoms with E-state index >= 15 is 0 Å². The molecule has 3 rings (SSSR count). The molecule has 0 aliphatic rings. The monoisotopic (exact) mass is 327 g/mol. The minimum Gasteiger partial charge on any atom is -0.479 e. The topological polar surface area (TPSA) is 64.1 Å². The zero-order valence-electron chi connectivity index (χ0n) is 12.6. The number of fused-ring (bicyclic) bond motifs is 1. The number of nitrogens with one attached hydrogen (secondary N) is 1. The van der Waals surface area contributed by atoms with Crippen LogP contribution in [-0.2, 0) is 0 Å². The van der Waals surface area contributed by atoms with Gasteiger partial charge in [-0.1, -0.05) is 29.8 Å². The first-order chi connectivity index (χ1) is 11.1. The lowest BCUT2D eigenvalue weighted by Crippen LogP contribution is -2.16. The SMILES string of the molecule is COc1nc2ccccc2nc1C(=O)Nc1cccc(Cl)c1C. The molecule has 116 valence electrons. The zero-order chi connectivity index (χ0) is 16.4. The van der Waals surface area contributed by atoms with Gasteiger partial charge in [0.25, 0.3) is 5.91 Å². The number of halogens is 1. The smallest absolute Gasteiger partial charge is 0.279 e. The maximum absolute atomic E-state index is 12.6. The Balaban J connectivity index is 2.01. The molecule has 0 saturated carbocycles. The average Bonchev–Trinajstić information content (AvgIpc) is 2.57. The molecular formula is C17H14ClN3O2. The fourth-order valence-corrected chi connectivity index (χ4v) is 2.37. The molecule has 0 atom stereocenters. The van der Waals surface area contributed by atoms with Crippen LogP contribution in [0.3, 0.4) is 0 Å². The molecule has 0 radical (unpaired) electrons. The van der Waals surface area contributed by atoms with Gasteiger partial charge in [-0.25, -0.2) is 9.97 Å². The Kier molecular flexibility index (Phi) is 4.12. The number of anilines is 1. The van der Waals surface area contributed by atoms with Gasteiger partial charge >= 0.3 is 0 Å². The van der Waals surface area contributed by atoms with Crippen molar-refractivity contribution in [2.75, 3.05) is 12.4 Å². The molecule has 6 heteroatoms. The number of hydrogen-bond donors (Lipinski definition) is 1. The van der Waals surface area contributed by atoms with Crippen molar-refractivity contribution < 1.29 is 9.53 Å². The predicted octanol–water partition coefficient (Wildman–Crippen LogP) is 3.85. The Morgan fingerprint density at radius 1 is 1.09 bits per heavy atom. The van der Waals surface area contributed by atoms with E-state index in [2.05, 4.69) is 15.3 Å². The minimum atomic E-state index is -0.398. The number of para-hydroxylation sites is 2. The number of ether oxygens (including phenoxy) is 1. The summed E-state index contributed by atoms with van der Waals surface area (Å²) in [6, 6.07) is 12.6. The molecule has 0 aliphatic carbocycles. The van der Waals surface area contributed by atoms with Crippen molar-refractivity contribution in [1.29, 1.82) is 0 Å². The summed E-state index contributed by atoms with van der Waals surface area (Å²) in [5, 5.41) is 3.38. The van der Waals surface area contributed by atoms with Crippen LogP contribution in [0.4, 0.5) is 5.69 Å². The van der Waals surface area contributed by atoms with Crippen molar-refractivity contribution in [1.82, 2.24) is 9.97 Å². The Morgan fingerprint density at radius 3 is 2.48 bits per heavy atom. The van der Waals surface area contributed by atoms with E-state index < -0.39 is 5.91 Å². The Labute approximate surface area is 138 Å². The third-order valence-corrected chi connectivity index (χ3v) is 3.87. The Bertz CT molecular complexity index is 896. The van der Waals surface area contributed by atoms with Crippen molar-refractivity contribution in [3.63, 3.8) is 0 Å². The third kappa shape index (κ3) is 2.96. The van der Waals surface area contributed by atoms with Crippen LogP contribution in [0.2, 0.25) is 5.02 Å². The van der Waals surface area contributed by atoms with Crippen LogP contribution in [0.5, 0.6) is 5.88 Å². The van der Waals surface area contributed by atoms with E-state index in [0.29, 0.717) is 21.7 Å². The second-order valence-corrected chi connectivity index (χ2v) is 5.34. The van der Waals surface area contributed by atoms with Gasteiger partial charge in [0.05, 0.1) is 18.1 Å². The summed E-state index contributed by atoms with van der Waals surface area (Å²) in [5.41, 5.74) is 2.83. The van der Waals surface area contributed by atoms with Gasteiger partial charge in [-0.05, 0) is 36.8 Å². The molecule has 23 heavy (non-hydrogen) atoms. The first-order valence-corrected chi connectivity index (χ1v) is 7.35. The number of hydrogen-bond acceptors (Lipinski definition) is 4. The second-order valence-electron chi connectivity index (χ2n) is 4.94. The Hall–Kier alpha value is -2.66. The van der Waals surface area contributed by atoms with Crippen LogP contribution in [0.1, 0.15) is 16.1 Å². The highest BCUT2D eigenvalue weighted by atomic mass is 35.5.